The molecule has 2 aromatic carbocycles. The Morgan fingerprint density at radius 1 is 1.09 bits per heavy atom. The second-order valence-corrected chi connectivity index (χ2v) is 5.13. The van der Waals surface area contributed by atoms with Crippen molar-refractivity contribution in [3.8, 4) is 12.1 Å². The molecule has 0 radical (unpaired) electrons. The number of benzene rings is 2. The zero-order valence-electron chi connectivity index (χ0n) is 12.2. The number of hydrogen-bond acceptors (Lipinski definition) is 2. The largest absolute Gasteiger partial charge is 0.343 e. The highest BCUT2D eigenvalue weighted by atomic mass is 19.1. The molecule has 0 aliphatic carbocycles. The average molecular weight is 301 g/mol. The summed E-state index contributed by atoms with van der Waals surface area (Å²) < 4.78 is 15.8. The van der Waals surface area contributed by atoms with Gasteiger partial charge in [-0.1, -0.05) is 24.3 Å². The smallest absolute Gasteiger partial charge is 0.130 e. The van der Waals surface area contributed by atoms with E-state index in [0.717, 1.165) is 16.5 Å². The van der Waals surface area contributed by atoms with Gasteiger partial charge in [0.25, 0.3) is 0 Å². The first kappa shape index (κ1) is 14.6. The van der Waals surface area contributed by atoms with E-state index in [0.29, 0.717) is 12.1 Å². The van der Waals surface area contributed by atoms with E-state index in [-0.39, 0.29) is 11.4 Å². The summed E-state index contributed by atoms with van der Waals surface area (Å²) >= 11 is 0. The van der Waals surface area contributed by atoms with E-state index < -0.39 is 0 Å². The van der Waals surface area contributed by atoms with Gasteiger partial charge in [-0.15, -0.1) is 0 Å². The number of rotatable bonds is 3. The number of nitrogens with zero attached hydrogens (tertiary/aromatic N) is 3. The number of fused-ring (bicyclic) bond motifs is 1. The van der Waals surface area contributed by atoms with Crippen LogP contribution in [0.2, 0.25) is 0 Å². The maximum Gasteiger partial charge on any atom is 0.130 e. The molecule has 110 valence electrons. The molecular weight excluding hydrogens is 289 g/mol. The van der Waals surface area contributed by atoms with Crippen molar-refractivity contribution < 1.29 is 4.39 Å². The Labute approximate surface area is 133 Å². The Bertz CT molecular complexity index is 968. The van der Waals surface area contributed by atoms with Crippen LogP contribution in [0.1, 0.15) is 11.1 Å². The number of hydrogen-bond donors (Lipinski definition) is 0. The second-order valence-electron chi connectivity index (χ2n) is 5.13. The van der Waals surface area contributed by atoms with Crippen molar-refractivity contribution in [3.63, 3.8) is 0 Å². The van der Waals surface area contributed by atoms with Crippen LogP contribution in [-0.4, -0.2) is 4.57 Å². The normalized spacial score (nSPS) is 10.0. The molecule has 0 saturated carbocycles. The van der Waals surface area contributed by atoms with Gasteiger partial charge >= 0.3 is 0 Å². The monoisotopic (exact) mass is 301 g/mol. The van der Waals surface area contributed by atoms with Gasteiger partial charge in [-0.2, -0.15) is 10.5 Å². The highest BCUT2D eigenvalue weighted by Crippen LogP contribution is 2.21. The zero-order chi connectivity index (χ0) is 16.2. The van der Waals surface area contributed by atoms with Gasteiger partial charge in [-0.25, -0.2) is 4.39 Å². The van der Waals surface area contributed by atoms with Crippen LogP contribution in [0.5, 0.6) is 0 Å². The van der Waals surface area contributed by atoms with Crippen LogP contribution >= 0.6 is 0 Å². The predicted molar refractivity (Wildman–Crippen MR) is 86.6 cm³/mol. The van der Waals surface area contributed by atoms with Crippen LogP contribution < -0.4 is 0 Å². The third-order valence-electron chi connectivity index (χ3n) is 3.65. The van der Waals surface area contributed by atoms with Crippen LogP contribution in [-0.2, 0) is 6.54 Å². The van der Waals surface area contributed by atoms with Crippen molar-refractivity contribution in [2.24, 2.45) is 0 Å². The van der Waals surface area contributed by atoms with Crippen LogP contribution in [0.25, 0.3) is 17.0 Å². The standard InChI is InChI=1S/C19H12FN3/c20-18-4-2-1-3-17(18)13-23-8-7-16-10-14(5-6-19(16)23)9-15(11-21)12-22/h1-10H,13H2. The fourth-order valence-corrected chi connectivity index (χ4v) is 2.51. The molecule has 4 heteroatoms. The molecule has 0 saturated heterocycles. The van der Waals surface area contributed by atoms with Crippen LogP contribution in [0.4, 0.5) is 4.39 Å². The first-order chi connectivity index (χ1) is 11.2. The minimum atomic E-state index is -0.221. The van der Waals surface area contributed by atoms with E-state index >= 15 is 0 Å². The maximum atomic E-state index is 13.8. The van der Waals surface area contributed by atoms with E-state index in [1.807, 2.05) is 53.2 Å². The zero-order valence-corrected chi connectivity index (χ0v) is 12.2. The van der Waals surface area contributed by atoms with E-state index in [4.69, 9.17) is 10.5 Å². The molecule has 1 aromatic heterocycles. The van der Waals surface area contributed by atoms with Crippen LogP contribution in [0, 0.1) is 28.5 Å². The quantitative estimate of drug-likeness (QED) is 0.679. The summed E-state index contributed by atoms with van der Waals surface area (Å²) in [6.07, 6.45) is 3.45. The minimum Gasteiger partial charge on any atom is -0.343 e. The van der Waals surface area contributed by atoms with E-state index in [2.05, 4.69) is 0 Å². The molecule has 0 aliphatic rings. The van der Waals surface area contributed by atoms with Crippen molar-refractivity contribution in [2.45, 2.75) is 6.54 Å². The van der Waals surface area contributed by atoms with Crippen molar-refractivity contribution >= 4 is 17.0 Å². The maximum absolute atomic E-state index is 13.8. The van der Waals surface area contributed by atoms with Crippen molar-refractivity contribution in [1.29, 1.82) is 10.5 Å². The molecule has 0 spiro atoms. The van der Waals surface area contributed by atoms with Crippen LogP contribution in [0.3, 0.4) is 0 Å². The molecule has 0 N–H and O–H groups in total. The van der Waals surface area contributed by atoms with Gasteiger partial charge < -0.3 is 4.57 Å². The molecule has 0 unspecified atom stereocenters. The fraction of sp³-hybridized carbons (Fsp3) is 0.0526. The SMILES string of the molecule is N#CC(C#N)=Cc1ccc2c(ccn2Cc2ccccc2F)c1. The van der Waals surface area contributed by atoms with Gasteiger partial charge in [0.15, 0.2) is 0 Å². The summed E-state index contributed by atoms with van der Waals surface area (Å²) in [4.78, 5) is 0. The molecule has 23 heavy (non-hydrogen) atoms. The lowest BCUT2D eigenvalue weighted by molar-refractivity contribution is 0.602. The number of halogens is 1. The summed E-state index contributed by atoms with van der Waals surface area (Å²) in [6.45, 7) is 0.451. The Morgan fingerprint density at radius 3 is 2.61 bits per heavy atom. The molecule has 3 aromatic rings. The second kappa shape index (κ2) is 6.17. The number of allylic oxidation sites excluding steroid dienone is 1. The summed E-state index contributed by atoms with van der Waals surface area (Å²) in [6, 6.07) is 18.0. The van der Waals surface area contributed by atoms with Gasteiger partial charge in [0.1, 0.15) is 23.5 Å². The summed E-state index contributed by atoms with van der Waals surface area (Å²) in [7, 11) is 0. The third-order valence-corrected chi connectivity index (χ3v) is 3.65. The lowest BCUT2D eigenvalue weighted by Crippen LogP contribution is -2.00. The Balaban J connectivity index is 1.97. The topological polar surface area (TPSA) is 52.5 Å². The highest BCUT2D eigenvalue weighted by Gasteiger charge is 2.06. The van der Waals surface area contributed by atoms with E-state index in [9.17, 15) is 4.39 Å². The van der Waals surface area contributed by atoms with E-state index in [1.54, 1.807) is 18.2 Å². The summed E-state index contributed by atoms with van der Waals surface area (Å²) in [5.41, 5.74) is 2.46. The van der Waals surface area contributed by atoms with Crippen molar-refractivity contribution in [1.82, 2.24) is 4.57 Å². The lowest BCUT2D eigenvalue weighted by atomic mass is 10.1. The van der Waals surface area contributed by atoms with Crippen LogP contribution in [0.15, 0.2) is 60.3 Å². The molecule has 0 fully saturated rings. The predicted octanol–water partition coefficient (Wildman–Crippen LogP) is 4.26. The first-order valence-electron chi connectivity index (χ1n) is 7.05. The molecule has 0 amide bonds. The molecule has 3 rings (SSSR count). The Hall–Kier alpha value is -3.37. The molecule has 3 nitrogen and oxygen atoms in total. The van der Waals surface area contributed by atoms with Crippen molar-refractivity contribution in [3.05, 3.63) is 77.2 Å². The average Bonchev–Trinajstić information content (AvgIpc) is 2.97. The summed E-state index contributed by atoms with van der Waals surface area (Å²) in [5.74, 6) is -0.221. The molecular formula is C19H12FN3. The van der Waals surface area contributed by atoms with E-state index in [1.165, 1.54) is 6.07 Å². The first-order valence-corrected chi connectivity index (χ1v) is 7.05. The van der Waals surface area contributed by atoms with Gasteiger partial charge in [-0.05, 0) is 35.9 Å². The molecule has 0 atom stereocenters. The highest BCUT2D eigenvalue weighted by molar-refractivity contribution is 5.83. The molecule has 1 heterocycles. The lowest BCUT2D eigenvalue weighted by Gasteiger charge is -2.07. The van der Waals surface area contributed by atoms with Gasteiger partial charge in [0.05, 0.1) is 6.54 Å². The Kier molecular flexibility index (Phi) is 3.91. The summed E-state index contributed by atoms with van der Waals surface area (Å²) in [5, 5.41) is 18.6. The molecule has 0 bridgehead atoms. The fourth-order valence-electron chi connectivity index (χ4n) is 2.51. The van der Waals surface area contributed by atoms with Gasteiger partial charge in [0, 0.05) is 22.7 Å². The number of aromatic nitrogens is 1. The third kappa shape index (κ3) is 2.97. The Morgan fingerprint density at radius 2 is 1.87 bits per heavy atom. The van der Waals surface area contributed by atoms with Gasteiger partial charge in [0.2, 0.25) is 0 Å². The number of nitriles is 2. The molecule has 0 aliphatic heterocycles. The van der Waals surface area contributed by atoms with Gasteiger partial charge in [-0.3, -0.25) is 0 Å². The van der Waals surface area contributed by atoms with Crippen molar-refractivity contribution in [2.75, 3.05) is 0 Å². The minimum absolute atomic E-state index is 0.0649.